The van der Waals surface area contributed by atoms with Gasteiger partial charge in [-0.1, -0.05) is 25.1 Å². The van der Waals surface area contributed by atoms with Crippen LogP contribution in [0.25, 0.3) is 10.9 Å². The Kier molecular flexibility index (Phi) is 6.16. The van der Waals surface area contributed by atoms with E-state index in [1.807, 2.05) is 23.1 Å². The Balaban J connectivity index is 1.48. The molecule has 168 valence electrons. The summed E-state index contributed by atoms with van der Waals surface area (Å²) < 4.78 is 39.7. The van der Waals surface area contributed by atoms with Gasteiger partial charge in [0.2, 0.25) is 0 Å². The minimum atomic E-state index is -4.52. The number of halogens is 3. The van der Waals surface area contributed by atoms with Gasteiger partial charge in [0, 0.05) is 42.5 Å². The van der Waals surface area contributed by atoms with Gasteiger partial charge in [-0.25, -0.2) is 9.78 Å². The van der Waals surface area contributed by atoms with Gasteiger partial charge >= 0.3 is 12.2 Å². The second-order valence-electron chi connectivity index (χ2n) is 8.07. The number of hydrogen-bond donors (Lipinski definition) is 2. The van der Waals surface area contributed by atoms with Crippen LogP contribution in [0.4, 0.5) is 29.5 Å². The third-order valence-corrected chi connectivity index (χ3v) is 5.63. The fraction of sp³-hybridized carbons (Fsp3) is 0.348. The second kappa shape index (κ2) is 9.02. The normalized spacial score (nSPS) is 15.1. The minimum Gasteiger partial charge on any atom is -0.356 e. The quantitative estimate of drug-likeness (QED) is 0.581. The van der Waals surface area contributed by atoms with Crippen molar-refractivity contribution in [3.63, 3.8) is 0 Å². The molecule has 1 aliphatic rings. The number of anilines is 2. The SMILES string of the molecule is CC1CCN(c2nc(C(F)(F)F)ccc2CNC(=O)Nc2ccc3cccnc3c2)CC1. The highest BCUT2D eigenvalue weighted by molar-refractivity contribution is 5.92. The average molecular weight is 443 g/mol. The van der Waals surface area contributed by atoms with Crippen molar-refractivity contribution in [3.05, 3.63) is 59.9 Å². The topological polar surface area (TPSA) is 70.2 Å². The number of fused-ring (bicyclic) bond motifs is 1. The van der Waals surface area contributed by atoms with Crippen LogP contribution in [0.2, 0.25) is 0 Å². The first-order valence-electron chi connectivity index (χ1n) is 10.5. The maximum absolute atomic E-state index is 13.2. The van der Waals surface area contributed by atoms with E-state index in [0.29, 0.717) is 30.3 Å². The number of nitrogens with one attached hydrogen (secondary N) is 2. The lowest BCUT2D eigenvalue weighted by Crippen LogP contribution is -2.35. The zero-order valence-corrected chi connectivity index (χ0v) is 17.6. The number of pyridine rings is 2. The number of amides is 2. The van der Waals surface area contributed by atoms with Crippen molar-refractivity contribution in [2.45, 2.75) is 32.5 Å². The van der Waals surface area contributed by atoms with Crippen molar-refractivity contribution < 1.29 is 18.0 Å². The largest absolute Gasteiger partial charge is 0.433 e. The van der Waals surface area contributed by atoms with E-state index in [-0.39, 0.29) is 12.4 Å². The third-order valence-electron chi connectivity index (χ3n) is 5.63. The molecule has 3 aromatic rings. The van der Waals surface area contributed by atoms with E-state index in [4.69, 9.17) is 0 Å². The number of rotatable bonds is 4. The maximum Gasteiger partial charge on any atom is 0.433 e. The molecule has 6 nitrogen and oxygen atoms in total. The van der Waals surface area contributed by atoms with Crippen LogP contribution >= 0.6 is 0 Å². The molecule has 3 heterocycles. The summed E-state index contributed by atoms with van der Waals surface area (Å²) in [6.07, 6.45) is -1.07. The number of hydrogen-bond acceptors (Lipinski definition) is 4. The Labute approximate surface area is 183 Å². The van der Waals surface area contributed by atoms with Gasteiger partial charge in [0.25, 0.3) is 0 Å². The van der Waals surface area contributed by atoms with Crippen LogP contribution < -0.4 is 15.5 Å². The lowest BCUT2D eigenvalue weighted by Gasteiger charge is -2.33. The summed E-state index contributed by atoms with van der Waals surface area (Å²) in [5.41, 5.74) is 0.939. The van der Waals surface area contributed by atoms with Gasteiger partial charge in [-0.2, -0.15) is 13.2 Å². The monoisotopic (exact) mass is 443 g/mol. The molecular weight excluding hydrogens is 419 g/mol. The van der Waals surface area contributed by atoms with Crippen molar-refractivity contribution in [2.75, 3.05) is 23.3 Å². The van der Waals surface area contributed by atoms with Crippen LogP contribution in [0.15, 0.2) is 48.7 Å². The van der Waals surface area contributed by atoms with Crippen molar-refractivity contribution in [1.82, 2.24) is 15.3 Å². The molecule has 1 fully saturated rings. The average Bonchev–Trinajstić information content (AvgIpc) is 2.77. The Hall–Kier alpha value is -3.36. The highest BCUT2D eigenvalue weighted by atomic mass is 19.4. The van der Waals surface area contributed by atoms with Crippen molar-refractivity contribution in [3.8, 4) is 0 Å². The van der Waals surface area contributed by atoms with Gasteiger partial charge < -0.3 is 15.5 Å². The second-order valence-corrected chi connectivity index (χ2v) is 8.07. The summed E-state index contributed by atoms with van der Waals surface area (Å²) in [4.78, 5) is 22.5. The van der Waals surface area contributed by atoms with Crippen LogP contribution in [0.1, 0.15) is 31.0 Å². The van der Waals surface area contributed by atoms with E-state index in [0.717, 1.165) is 29.8 Å². The van der Waals surface area contributed by atoms with E-state index in [2.05, 4.69) is 27.5 Å². The Morgan fingerprint density at radius 3 is 2.69 bits per heavy atom. The lowest BCUT2D eigenvalue weighted by molar-refractivity contribution is -0.141. The summed E-state index contributed by atoms with van der Waals surface area (Å²) in [5.74, 6) is 0.808. The number of nitrogens with zero attached hydrogens (tertiary/aromatic N) is 3. The molecule has 0 radical (unpaired) electrons. The highest BCUT2D eigenvalue weighted by Crippen LogP contribution is 2.32. The third kappa shape index (κ3) is 5.09. The smallest absolute Gasteiger partial charge is 0.356 e. The van der Waals surface area contributed by atoms with Gasteiger partial charge in [-0.05, 0) is 43.0 Å². The molecule has 32 heavy (non-hydrogen) atoms. The fourth-order valence-corrected chi connectivity index (χ4v) is 3.76. The Morgan fingerprint density at radius 1 is 1.16 bits per heavy atom. The van der Waals surface area contributed by atoms with Crippen molar-refractivity contribution in [2.24, 2.45) is 5.92 Å². The molecule has 0 aliphatic carbocycles. The van der Waals surface area contributed by atoms with Crippen LogP contribution in [-0.2, 0) is 12.7 Å². The molecule has 1 saturated heterocycles. The first-order chi connectivity index (χ1) is 15.3. The molecular formula is C23H24F3N5O. The number of carbonyl (C=O) groups is 1. The van der Waals surface area contributed by atoms with E-state index in [1.165, 1.54) is 6.07 Å². The Morgan fingerprint density at radius 2 is 1.94 bits per heavy atom. The van der Waals surface area contributed by atoms with E-state index >= 15 is 0 Å². The summed E-state index contributed by atoms with van der Waals surface area (Å²) in [6.45, 7) is 3.47. The summed E-state index contributed by atoms with van der Waals surface area (Å²) in [7, 11) is 0. The van der Waals surface area contributed by atoms with Crippen LogP contribution in [0, 0.1) is 5.92 Å². The number of alkyl halides is 3. The van der Waals surface area contributed by atoms with Gasteiger partial charge in [0.05, 0.1) is 5.52 Å². The molecule has 1 aliphatic heterocycles. The molecule has 0 unspecified atom stereocenters. The van der Waals surface area contributed by atoms with Crippen molar-refractivity contribution in [1.29, 1.82) is 0 Å². The van der Waals surface area contributed by atoms with Crippen LogP contribution in [0.3, 0.4) is 0 Å². The first kappa shape index (κ1) is 21.9. The van der Waals surface area contributed by atoms with E-state index in [9.17, 15) is 18.0 Å². The molecule has 1 aromatic carbocycles. The number of benzene rings is 1. The molecule has 2 N–H and O–H groups in total. The first-order valence-corrected chi connectivity index (χ1v) is 10.5. The van der Waals surface area contributed by atoms with Crippen molar-refractivity contribution >= 4 is 28.4 Å². The number of carbonyl (C=O) groups excluding carboxylic acids is 1. The minimum absolute atomic E-state index is 0.0597. The summed E-state index contributed by atoms with van der Waals surface area (Å²) in [5, 5.41) is 6.42. The summed E-state index contributed by atoms with van der Waals surface area (Å²) >= 11 is 0. The summed E-state index contributed by atoms with van der Waals surface area (Å²) in [6, 6.07) is 11.0. The van der Waals surface area contributed by atoms with Gasteiger partial charge in [-0.15, -0.1) is 0 Å². The molecule has 0 bridgehead atoms. The maximum atomic E-state index is 13.2. The number of urea groups is 1. The lowest BCUT2D eigenvalue weighted by atomic mass is 9.99. The van der Waals surface area contributed by atoms with Crippen LogP contribution in [0.5, 0.6) is 0 Å². The standard InChI is InChI=1S/C23H24F3N5O/c1-15-8-11-31(12-9-15)21-17(5-7-20(30-21)23(24,25)26)14-28-22(32)29-18-6-4-16-3-2-10-27-19(16)13-18/h2-7,10,13,15H,8-9,11-12,14H2,1H3,(H2,28,29,32). The molecule has 0 saturated carbocycles. The van der Waals surface area contributed by atoms with E-state index in [1.54, 1.807) is 18.3 Å². The number of aromatic nitrogens is 2. The Bertz CT molecular complexity index is 1110. The molecule has 0 spiro atoms. The molecule has 4 rings (SSSR count). The fourth-order valence-electron chi connectivity index (χ4n) is 3.76. The molecule has 0 atom stereocenters. The number of piperidine rings is 1. The van der Waals surface area contributed by atoms with E-state index < -0.39 is 17.9 Å². The highest BCUT2D eigenvalue weighted by Gasteiger charge is 2.34. The molecule has 2 amide bonds. The van der Waals surface area contributed by atoms with Gasteiger partial charge in [0.15, 0.2) is 0 Å². The zero-order chi connectivity index (χ0) is 22.7. The predicted octanol–water partition coefficient (Wildman–Crippen LogP) is 5.21. The molecule has 9 heteroatoms. The predicted molar refractivity (Wildman–Crippen MR) is 117 cm³/mol. The zero-order valence-electron chi connectivity index (χ0n) is 17.6. The van der Waals surface area contributed by atoms with Gasteiger partial charge in [-0.3, -0.25) is 4.98 Å². The van der Waals surface area contributed by atoms with Gasteiger partial charge in [0.1, 0.15) is 11.5 Å². The molecule has 2 aromatic heterocycles. The van der Waals surface area contributed by atoms with Crippen LogP contribution in [-0.4, -0.2) is 29.1 Å².